The van der Waals surface area contributed by atoms with Crippen molar-refractivity contribution in [3.05, 3.63) is 57.2 Å². The maximum Gasteiger partial charge on any atom is 0.0640 e. The molecule has 1 N–H and O–H groups in total. The van der Waals surface area contributed by atoms with E-state index in [9.17, 15) is 0 Å². The van der Waals surface area contributed by atoms with Crippen LogP contribution in [0.5, 0.6) is 0 Å². The summed E-state index contributed by atoms with van der Waals surface area (Å²) in [7, 11) is 0. The maximum absolute atomic E-state index is 6.01. The first kappa shape index (κ1) is 11.2. The molecule has 0 spiro atoms. The molecule has 0 unspecified atom stereocenters. The van der Waals surface area contributed by atoms with Gasteiger partial charge in [0.05, 0.1) is 12.8 Å². The fraction of sp³-hybridized carbons (Fsp3) is 0.0833. The number of thiophene rings is 1. The predicted molar refractivity (Wildman–Crippen MR) is 70.2 cm³/mol. The third-order valence-electron chi connectivity index (χ3n) is 2.05. The molecule has 0 saturated carbocycles. The summed E-state index contributed by atoms with van der Waals surface area (Å²) in [5.74, 6) is 0. The van der Waals surface area contributed by atoms with Crippen LogP contribution in [0.2, 0.25) is 5.02 Å². The summed E-state index contributed by atoms with van der Waals surface area (Å²) in [6, 6.07) is 11.8. The van der Waals surface area contributed by atoms with Crippen molar-refractivity contribution in [3.63, 3.8) is 0 Å². The third-order valence-corrected chi connectivity index (χ3v) is 3.23. The van der Waals surface area contributed by atoms with Gasteiger partial charge in [-0.2, -0.15) is 5.10 Å². The molecule has 2 nitrogen and oxygen atoms in total. The molecule has 1 heterocycles. The van der Waals surface area contributed by atoms with E-state index in [1.165, 1.54) is 0 Å². The van der Waals surface area contributed by atoms with E-state index in [2.05, 4.69) is 10.5 Å². The second-order valence-electron chi connectivity index (χ2n) is 3.20. The maximum atomic E-state index is 6.01. The molecule has 0 atom stereocenters. The quantitative estimate of drug-likeness (QED) is 0.652. The van der Waals surface area contributed by atoms with E-state index in [1.807, 2.05) is 48.0 Å². The van der Waals surface area contributed by atoms with Crippen LogP contribution in [-0.4, -0.2) is 6.21 Å². The van der Waals surface area contributed by atoms with Gasteiger partial charge in [-0.15, -0.1) is 11.3 Å². The zero-order chi connectivity index (χ0) is 11.2. The van der Waals surface area contributed by atoms with Crippen LogP contribution >= 0.6 is 22.9 Å². The van der Waals surface area contributed by atoms with Gasteiger partial charge in [-0.1, -0.05) is 35.9 Å². The van der Waals surface area contributed by atoms with Crippen LogP contribution in [0.4, 0.5) is 0 Å². The van der Waals surface area contributed by atoms with Gasteiger partial charge in [0.2, 0.25) is 0 Å². The van der Waals surface area contributed by atoms with Crippen LogP contribution in [0.25, 0.3) is 0 Å². The largest absolute Gasteiger partial charge is 0.306 e. The summed E-state index contributed by atoms with van der Waals surface area (Å²) in [5, 5.41) is 6.92. The molecule has 1 aromatic heterocycles. The molecule has 16 heavy (non-hydrogen) atoms. The van der Waals surface area contributed by atoms with E-state index in [-0.39, 0.29) is 0 Å². The van der Waals surface area contributed by atoms with E-state index >= 15 is 0 Å². The number of hydrazone groups is 1. The van der Waals surface area contributed by atoms with E-state index in [0.29, 0.717) is 6.54 Å². The van der Waals surface area contributed by atoms with Crippen molar-refractivity contribution in [3.8, 4) is 0 Å². The smallest absolute Gasteiger partial charge is 0.0640 e. The Morgan fingerprint density at radius 3 is 2.88 bits per heavy atom. The van der Waals surface area contributed by atoms with Crippen molar-refractivity contribution >= 4 is 29.2 Å². The Morgan fingerprint density at radius 2 is 2.12 bits per heavy atom. The minimum absolute atomic E-state index is 0.640. The molecular weight excluding hydrogens is 240 g/mol. The number of nitrogens with one attached hydrogen (secondary N) is 1. The highest BCUT2D eigenvalue weighted by atomic mass is 35.5. The lowest BCUT2D eigenvalue weighted by Crippen LogP contribution is -2.05. The molecule has 0 amide bonds. The number of rotatable bonds is 4. The van der Waals surface area contributed by atoms with Crippen molar-refractivity contribution in [2.24, 2.45) is 5.10 Å². The molecule has 0 aliphatic heterocycles. The first-order valence-electron chi connectivity index (χ1n) is 4.89. The van der Waals surface area contributed by atoms with Crippen molar-refractivity contribution in [2.75, 3.05) is 0 Å². The van der Waals surface area contributed by atoms with Crippen LogP contribution in [0, 0.1) is 0 Å². The van der Waals surface area contributed by atoms with Crippen LogP contribution in [0.3, 0.4) is 0 Å². The fourth-order valence-electron chi connectivity index (χ4n) is 1.25. The fourth-order valence-corrected chi connectivity index (χ4v) is 2.03. The van der Waals surface area contributed by atoms with Crippen molar-refractivity contribution in [1.29, 1.82) is 0 Å². The van der Waals surface area contributed by atoms with Gasteiger partial charge in [0.15, 0.2) is 0 Å². The molecule has 4 heteroatoms. The van der Waals surface area contributed by atoms with Gasteiger partial charge in [0.25, 0.3) is 0 Å². The highest BCUT2D eigenvalue weighted by molar-refractivity contribution is 7.11. The zero-order valence-electron chi connectivity index (χ0n) is 8.56. The van der Waals surface area contributed by atoms with Crippen LogP contribution in [0.1, 0.15) is 10.4 Å². The Hall–Kier alpha value is -1.32. The molecule has 0 radical (unpaired) electrons. The molecule has 0 bridgehead atoms. The van der Waals surface area contributed by atoms with Crippen LogP contribution < -0.4 is 5.43 Å². The topological polar surface area (TPSA) is 24.4 Å². The highest BCUT2D eigenvalue weighted by Gasteiger charge is 1.96. The predicted octanol–water partition coefficient (Wildman–Crippen LogP) is 3.53. The minimum atomic E-state index is 0.640. The molecule has 82 valence electrons. The van der Waals surface area contributed by atoms with Gasteiger partial charge in [0, 0.05) is 9.90 Å². The number of hydrogen-bond acceptors (Lipinski definition) is 3. The zero-order valence-corrected chi connectivity index (χ0v) is 10.1. The van der Waals surface area contributed by atoms with Crippen molar-refractivity contribution in [1.82, 2.24) is 5.43 Å². The summed E-state index contributed by atoms with van der Waals surface area (Å²) >= 11 is 7.67. The highest BCUT2D eigenvalue weighted by Crippen LogP contribution is 2.14. The summed E-state index contributed by atoms with van der Waals surface area (Å²) in [5.41, 5.74) is 4.02. The Morgan fingerprint density at radius 1 is 1.25 bits per heavy atom. The van der Waals surface area contributed by atoms with Gasteiger partial charge >= 0.3 is 0 Å². The van der Waals surface area contributed by atoms with Crippen molar-refractivity contribution in [2.45, 2.75) is 6.54 Å². The lowest BCUT2D eigenvalue weighted by molar-refractivity contribution is 0.748. The van der Waals surface area contributed by atoms with E-state index in [0.717, 1.165) is 15.5 Å². The van der Waals surface area contributed by atoms with Crippen LogP contribution in [-0.2, 0) is 6.54 Å². The van der Waals surface area contributed by atoms with E-state index < -0.39 is 0 Å². The lowest BCUT2D eigenvalue weighted by Gasteiger charge is -2.02. The van der Waals surface area contributed by atoms with E-state index in [4.69, 9.17) is 11.6 Å². The van der Waals surface area contributed by atoms with Gasteiger partial charge < -0.3 is 5.43 Å². The Kier molecular flexibility index (Phi) is 3.97. The van der Waals surface area contributed by atoms with Gasteiger partial charge in [0.1, 0.15) is 0 Å². The van der Waals surface area contributed by atoms with Gasteiger partial charge in [-0.25, -0.2) is 0 Å². The van der Waals surface area contributed by atoms with Crippen LogP contribution in [0.15, 0.2) is 46.9 Å². The molecule has 2 rings (SSSR count). The molecule has 0 aliphatic rings. The summed E-state index contributed by atoms with van der Waals surface area (Å²) in [4.78, 5) is 1.13. The second kappa shape index (κ2) is 5.68. The summed E-state index contributed by atoms with van der Waals surface area (Å²) in [6.07, 6.45) is 1.81. The first-order valence-corrected chi connectivity index (χ1v) is 6.15. The number of nitrogens with zero attached hydrogens (tertiary/aromatic N) is 1. The number of benzene rings is 1. The molecule has 0 fully saturated rings. The number of halogens is 1. The SMILES string of the molecule is Clc1ccccc1CN/N=C\c1cccs1. The molecule has 0 saturated heterocycles. The molecular formula is C12H11ClN2S. The molecule has 0 aliphatic carbocycles. The van der Waals surface area contributed by atoms with Gasteiger partial charge in [-0.3, -0.25) is 0 Å². The molecule has 1 aromatic carbocycles. The minimum Gasteiger partial charge on any atom is -0.306 e. The van der Waals surface area contributed by atoms with Crippen molar-refractivity contribution < 1.29 is 0 Å². The Labute approximate surface area is 104 Å². The number of hydrogen-bond donors (Lipinski definition) is 1. The summed E-state index contributed by atoms with van der Waals surface area (Å²) in [6.45, 7) is 0.640. The Balaban J connectivity index is 1.87. The lowest BCUT2D eigenvalue weighted by atomic mass is 10.2. The summed E-state index contributed by atoms with van der Waals surface area (Å²) < 4.78 is 0. The standard InChI is InChI=1S/C12H11ClN2S/c13-12-6-2-1-4-10(12)8-14-15-9-11-5-3-7-16-11/h1-7,9,14H,8H2/b15-9-. The molecule has 2 aromatic rings. The van der Waals surface area contributed by atoms with E-state index in [1.54, 1.807) is 11.3 Å². The second-order valence-corrected chi connectivity index (χ2v) is 4.59. The van der Waals surface area contributed by atoms with Gasteiger partial charge in [-0.05, 0) is 23.1 Å². The normalized spacial score (nSPS) is 10.8. The third kappa shape index (κ3) is 3.08. The monoisotopic (exact) mass is 250 g/mol. The first-order chi connectivity index (χ1) is 7.86. The average molecular weight is 251 g/mol. The average Bonchev–Trinajstić information content (AvgIpc) is 2.79. The Bertz CT molecular complexity index is 466.